The third kappa shape index (κ3) is 2.98. The Bertz CT molecular complexity index is 388. The summed E-state index contributed by atoms with van der Waals surface area (Å²) in [5.74, 6) is 0.598. The molecule has 1 fully saturated rings. The van der Waals surface area contributed by atoms with Crippen LogP contribution in [0.5, 0.6) is 6.01 Å². The van der Waals surface area contributed by atoms with Gasteiger partial charge in [-0.3, -0.25) is 0 Å². The number of rotatable bonds is 3. The summed E-state index contributed by atoms with van der Waals surface area (Å²) in [4.78, 5) is 8.12. The highest BCUT2D eigenvalue weighted by molar-refractivity contribution is 6.32. The monoisotopic (exact) mass is 256 g/mol. The Hall–Kier alpha value is -1.07. The van der Waals surface area contributed by atoms with E-state index in [0.717, 1.165) is 12.8 Å². The number of nitrogens with zero attached hydrogens (tertiary/aromatic N) is 2. The molecule has 1 saturated carbocycles. The fourth-order valence-electron chi connectivity index (χ4n) is 2.06. The van der Waals surface area contributed by atoms with Gasteiger partial charge >= 0.3 is 6.01 Å². The zero-order valence-electron chi connectivity index (χ0n) is 9.82. The summed E-state index contributed by atoms with van der Waals surface area (Å²) in [7, 11) is 1.53. The van der Waals surface area contributed by atoms with E-state index in [4.69, 9.17) is 22.1 Å². The quantitative estimate of drug-likeness (QED) is 0.863. The van der Waals surface area contributed by atoms with E-state index in [0.29, 0.717) is 16.9 Å². The minimum atomic E-state index is 0.153. The summed E-state index contributed by atoms with van der Waals surface area (Å²) in [6, 6.07) is 0.683. The number of hydrogen-bond donors (Lipinski definition) is 2. The van der Waals surface area contributed by atoms with Crippen molar-refractivity contribution in [2.24, 2.45) is 5.73 Å². The van der Waals surface area contributed by atoms with Gasteiger partial charge in [-0.05, 0) is 12.8 Å². The average molecular weight is 257 g/mol. The second kappa shape index (κ2) is 5.51. The molecule has 0 unspecified atom stereocenters. The standard InChI is InChI=1S/C11H17ClN4O/c1-17-11-14-6-7(12)10(16-11)15-9-5-3-2-4-8(9)13/h6,8-9H,2-5,13H2,1H3,(H,14,15,16)/t8-,9-/m1/s1. The highest BCUT2D eigenvalue weighted by Gasteiger charge is 2.22. The van der Waals surface area contributed by atoms with Crippen LogP contribution in [0.3, 0.4) is 0 Å². The van der Waals surface area contributed by atoms with Crippen LogP contribution < -0.4 is 15.8 Å². The second-order valence-corrected chi connectivity index (χ2v) is 4.66. The van der Waals surface area contributed by atoms with E-state index >= 15 is 0 Å². The predicted molar refractivity (Wildman–Crippen MR) is 67.4 cm³/mol. The van der Waals surface area contributed by atoms with E-state index in [1.54, 1.807) is 0 Å². The van der Waals surface area contributed by atoms with Gasteiger partial charge in [0, 0.05) is 12.1 Å². The number of halogens is 1. The van der Waals surface area contributed by atoms with Gasteiger partial charge in [-0.1, -0.05) is 24.4 Å². The van der Waals surface area contributed by atoms with Crippen LogP contribution in [-0.2, 0) is 0 Å². The molecular weight excluding hydrogens is 240 g/mol. The number of aromatic nitrogens is 2. The first kappa shape index (κ1) is 12.4. The van der Waals surface area contributed by atoms with Gasteiger partial charge in [0.2, 0.25) is 0 Å². The summed E-state index contributed by atoms with van der Waals surface area (Å²) < 4.78 is 4.97. The lowest BCUT2D eigenvalue weighted by atomic mass is 9.91. The minimum absolute atomic E-state index is 0.153. The Morgan fingerprint density at radius 2 is 2.24 bits per heavy atom. The molecular formula is C11H17ClN4O. The first-order valence-corrected chi connectivity index (χ1v) is 6.17. The molecule has 1 aliphatic rings. The average Bonchev–Trinajstić information content (AvgIpc) is 2.35. The maximum absolute atomic E-state index is 6.07. The van der Waals surface area contributed by atoms with Gasteiger partial charge in [0.05, 0.1) is 13.3 Å². The van der Waals surface area contributed by atoms with E-state index in [1.165, 1.54) is 26.1 Å². The Labute approximate surface area is 106 Å². The molecule has 3 N–H and O–H groups in total. The highest BCUT2D eigenvalue weighted by atomic mass is 35.5. The van der Waals surface area contributed by atoms with Crippen molar-refractivity contribution in [1.29, 1.82) is 0 Å². The molecule has 1 aromatic rings. The lowest BCUT2D eigenvalue weighted by molar-refractivity contribution is 0.378. The largest absolute Gasteiger partial charge is 0.467 e. The molecule has 0 bridgehead atoms. The summed E-state index contributed by atoms with van der Waals surface area (Å²) >= 11 is 6.04. The van der Waals surface area contributed by atoms with Crippen molar-refractivity contribution in [2.75, 3.05) is 12.4 Å². The van der Waals surface area contributed by atoms with Crippen molar-refractivity contribution >= 4 is 17.4 Å². The zero-order chi connectivity index (χ0) is 12.3. The third-order valence-corrected chi connectivity index (χ3v) is 3.32. The van der Waals surface area contributed by atoms with Gasteiger partial charge < -0.3 is 15.8 Å². The number of nitrogens with one attached hydrogen (secondary N) is 1. The van der Waals surface area contributed by atoms with E-state index in [2.05, 4.69) is 15.3 Å². The van der Waals surface area contributed by atoms with E-state index < -0.39 is 0 Å². The molecule has 94 valence electrons. The van der Waals surface area contributed by atoms with Crippen LogP contribution in [-0.4, -0.2) is 29.2 Å². The molecule has 0 amide bonds. The molecule has 0 aliphatic heterocycles. The third-order valence-electron chi connectivity index (χ3n) is 3.05. The fourth-order valence-corrected chi connectivity index (χ4v) is 2.21. The van der Waals surface area contributed by atoms with Crippen LogP contribution in [0.4, 0.5) is 5.82 Å². The first-order chi connectivity index (χ1) is 8.20. The minimum Gasteiger partial charge on any atom is -0.467 e. The van der Waals surface area contributed by atoms with Crippen LogP contribution in [0, 0.1) is 0 Å². The van der Waals surface area contributed by atoms with Crippen LogP contribution >= 0.6 is 11.6 Å². The number of anilines is 1. The molecule has 1 aromatic heterocycles. The molecule has 17 heavy (non-hydrogen) atoms. The van der Waals surface area contributed by atoms with Crippen molar-refractivity contribution in [3.63, 3.8) is 0 Å². The van der Waals surface area contributed by atoms with Crippen LogP contribution in [0.25, 0.3) is 0 Å². The van der Waals surface area contributed by atoms with Crippen molar-refractivity contribution in [1.82, 2.24) is 9.97 Å². The van der Waals surface area contributed by atoms with E-state index in [1.807, 2.05) is 0 Å². The predicted octanol–water partition coefficient (Wildman–Crippen LogP) is 1.82. The highest BCUT2D eigenvalue weighted by Crippen LogP contribution is 2.25. The summed E-state index contributed by atoms with van der Waals surface area (Å²) in [5.41, 5.74) is 6.07. The maximum Gasteiger partial charge on any atom is 0.318 e. The second-order valence-electron chi connectivity index (χ2n) is 4.25. The summed E-state index contributed by atoms with van der Waals surface area (Å²) in [6.45, 7) is 0. The normalized spacial score (nSPS) is 24.4. The van der Waals surface area contributed by atoms with E-state index in [9.17, 15) is 0 Å². The number of hydrogen-bond acceptors (Lipinski definition) is 5. The van der Waals surface area contributed by atoms with Crippen molar-refractivity contribution in [3.05, 3.63) is 11.2 Å². The van der Waals surface area contributed by atoms with Crippen molar-refractivity contribution in [3.8, 4) is 6.01 Å². The lowest BCUT2D eigenvalue weighted by Gasteiger charge is -2.29. The van der Waals surface area contributed by atoms with Gasteiger partial charge in [-0.25, -0.2) is 4.98 Å². The Morgan fingerprint density at radius 1 is 1.47 bits per heavy atom. The van der Waals surface area contributed by atoms with Gasteiger partial charge in [0.15, 0.2) is 5.82 Å². The van der Waals surface area contributed by atoms with E-state index in [-0.39, 0.29) is 12.1 Å². The number of ether oxygens (including phenoxy) is 1. The zero-order valence-corrected chi connectivity index (χ0v) is 10.6. The molecule has 0 radical (unpaired) electrons. The van der Waals surface area contributed by atoms with Crippen LogP contribution in [0.15, 0.2) is 6.20 Å². The summed E-state index contributed by atoms with van der Waals surface area (Å²) in [5, 5.41) is 3.77. The molecule has 0 aromatic carbocycles. The Balaban J connectivity index is 2.11. The molecule has 0 spiro atoms. The SMILES string of the molecule is COc1ncc(Cl)c(N[C@@H]2CCCC[C@H]2N)n1. The first-order valence-electron chi connectivity index (χ1n) is 5.79. The Morgan fingerprint density at radius 3 is 2.94 bits per heavy atom. The number of methoxy groups -OCH3 is 1. The van der Waals surface area contributed by atoms with Crippen molar-refractivity contribution < 1.29 is 4.74 Å². The maximum atomic E-state index is 6.07. The van der Waals surface area contributed by atoms with Gasteiger partial charge in [0.1, 0.15) is 5.02 Å². The molecule has 2 rings (SSSR count). The van der Waals surface area contributed by atoms with Crippen LogP contribution in [0.2, 0.25) is 5.02 Å². The molecule has 2 atom stereocenters. The molecule has 1 heterocycles. The molecule has 6 heteroatoms. The summed E-state index contributed by atoms with van der Waals surface area (Å²) in [6.07, 6.45) is 6.00. The van der Waals surface area contributed by atoms with Crippen molar-refractivity contribution in [2.45, 2.75) is 37.8 Å². The van der Waals surface area contributed by atoms with Gasteiger partial charge in [0.25, 0.3) is 0 Å². The topological polar surface area (TPSA) is 73.1 Å². The van der Waals surface area contributed by atoms with Gasteiger partial charge in [-0.2, -0.15) is 4.98 Å². The molecule has 0 saturated heterocycles. The lowest BCUT2D eigenvalue weighted by Crippen LogP contribution is -2.42. The number of nitrogens with two attached hydrogens (primary N) is 1. The molecule has 5 nitrogen and oxygen atoms in total. The van der Waals surface area contributed by atoms with Crippen LogP contribution in [0.1, 0.15) is 25.7 Å². The fraction of sp³-hybridized carbons (Fsp3) is 0.636. The smallest absolute Gasteiger partial charge is 0.318 e. The molecule has 1 aliphatic carbocycles. The van der Waals surface area contributed by atoms with Gasteiger partial charge in [-0.15, -0.1) is 0 Å². The Kier molecular flexibility index (Phi) is 4.02.